The van der Waals surface area contributed by atoms with Gasteiger partial charge in [0.05, 0.1) is 29.1 Å². The molecule has 31 heavy (non-hydrogen) atoms. The van der Waals surface area contributed by atoms with Gasteiger partial charge in [0, 0.05) is 12.6 Å². The average Bonchev–Trinajstić information content (AvgIpc) is 3.35. The molecule has 2 aromatic carbocycles. The number of imidazole rings is 1. The number of amides is 1. The number of rotatable bonds is 7. The molecular weight excluding hydrogens is 430 g/mol. The van der Waals surface area contributed by atoms with E-state index in [1.54, 1.807) is 0 Å². The monoisotopic (exact) mass is 455 g/mol. The van der Waals surface area contributed by atoms with Gasteiger partial charge in [-0.15, -0.1) is 0 Å². The Labute approximate surface area is 187 Å². The van der Waals surface area contributed by atoms with Crippen molar-refractivity contribution in [1.29, 1.82) is 0 Å². The second-order valence-electron chi connectivity index (χ2n) is 7.57. The Morgan fingerprint density at radius 2 is 1.77 bits per heavy atom. The van der Waals surface area contributed by atoms with Crippen molar-refractivity contribution in [2.45, 2.75) is 31.1 Å². The van der Waals surface area contributed by atoms with Gasteiger partial charge in [0.15, 0.2) is 15.0 Å². The predicted octanol–water partition coefficient (Wildman–Crippen LogP) is 3.63. The lowest BCUT2D eigenvalue weighted by molar-refractivity contribution is -0.119. The molecule has 8 heteroatoms. The molecule has 1 aliphatic heterocycles. The van der Waals surface area contributed by atoms with Crippen molar-refractivity contribution >= 4 is 27.5 Å². The first-order chi connectivity index (χ1) is 14.9. The van der Waals surface area contributed by atoms with E-state index in [1.165, 1.54) is 17.3 Å². The molecule has 1 aliphatic rings. The minimum atomic E-state index is -3.01. The first-order valence-electron chi connectivity index (χ1n) is 10.3. The third kappa shape index (κ3) is 5.19. The molecule has 3 aromatic rings. The highest BCUT2D eigenvalue weighted by Crippen LogP contribution is 2.28. The molecule has 1 aromatic heterocycles. The van der Waals surface area contributed by atoms with Gasteiger partial charge in [0.1, 0.15) is 0 Å². The molecule has 1 saturated heterocycles. The Morgan fingerprint density at radius 3 is 2.42 bits per heavy atom. The molecule has 2 heterocycles. The van der Waals surface area contributed by atoms with Crippen LogP contribution in [0.5, 0.6) is 0 Å². The first kappa shape index (κ1) is 21.6. The van der Waals surface area contributed by atoms with E-state index >= 15 is 0 Å². The molecule has 1 atom stereocenters. The van der Waals surface area contributed by atoms with Crippen LogP contribution in [0.15, 0.2) is 66.0 Å². The zero-order valence-electron chi connectivity index (χ0n) is 17.3. The van der Waals surface area contributed by atoms with Gasteiger partial charge in [0.25, 0.3) is 0 Å². The largest absolute Gasteiger partial charge is 0.352 e. The molecule has 6 nitrogen and oxygen atoms in total. The second-order valence-corrected chi connectivity index (χ2v) is 10.7. The Balaban J connectivity index is 1.42. The number of sulfone groups is 1. The van der Waals surface area contributed by atoms with Crippen LogP contribution in [0.1, 0.15) is 13.3 Å². The number of nitrogens with one attached hydrogen (secondary N) is 1. The van der Waals surface area contributed by atoms with E-state index in [0.29, 0.717) is 6.42 Å². The fourth-order valence-corrected chi connectivity index (χ4v) is 6.31. The van der Waals surface area contributed by atoms with Crippen molar-refractivity contribution in [2.75, 3.05) is 17.3 Å². The molecule has 0 radical (unpaired) electrons. The van der Waals surface area contributed by atoms with E-state index < -0.39 is 9.84 Å². The Morgan fingerprint density at radius 1 is 1.10 bits per heavy atom. The lowest BCUT2D eigenvalue weighted by Crippen LogP contribution is -2.36. The summed E-state index contributed by atoms with van der Waals surface area (Å²) in [5, 5.41) is 3.60. The maximum Gasteiger partial charge on any atom is 0.230 e. The summed E-state index contributed by atoms with van der Waals surface area (Å²) < 4.78 is 25.2. The van der Waals surface area contributed by atoms with Crippen LogP contribution in [-0.4, -0.2) is 47.2 Å². The van der Waals surface area contributed by atoms with Gasteiger partial charge in [-0.1, -0.05) is 66.4 Å². The van der Waals surface area contributed by atoms with Crippen LogP contribution >= 0.6 is 11.8 Å². The van der Waals surface area contributed by atoms with Crippen molar-refractivity contribution in [3.8, 4) is 22.4 Å². The van der Waals surface area contributed by atoms with Crippen molar-refractivity contribution in [3.05, 3.63) is 60.8 Å². The molecular formula is C23H25N3O3S2. The number of benzene rings is 2. The SMILES string of the molecule is CCn1c(-c2ccc(-c3ccccc3)cc2)cnc1SCC(=O)N[C@H]1CCS(=O)(=O)C1. The number of carbonyl (C=O) groups is 1. The van der Waals surface area contributed by atoms with Crippen LogP contribution in [0.4, 0.5) is 0 Å². The third-order valence-corrected chi connectivity index (χ3v) is 8.11. The molecule has 0 bridgehead atoms. The summed E-state index contributed by atoms with van der Waals surface area (Å²) in [4.78, 5) is 16.8. The number of hydrogen-bond donors (Lipinski definition) is 1. The normalized spacial score (nSPS) is 17.5. The molecule has 0 unspecified atom stereocenters. The van der Waals surface area contributed by atoms with Gasteiger partial charge >= 0.3 is 0 Å². The molecule has 4 rings (SSSR count). The molecule has 0 saturated carbocycles. The number of thioether (sulfide) groups is 1. The van der Waals surface area contributed by atoms with Crippen LogP contribution < -0.4 is 5.32 Å². The van der Waals surface area contributed by atoms with Crippen molar-refractivity contribution in [1.82, 2.24) is 14.9 Å². The maximum absolute atomic E-state index is 12.3. The summed E-state index contributed by atoms with van der Waals surface area (Å²) in [6.45, 7) is 2.79. The van der Waals surface area contributed by atoms with Gasteiger partial charge < -0.3 is 9.88 Å². The molecule has 0 spiro atoms. The molecule has 1 amide bonds. The van der Waals surface area contributed by atoms with E-state index in [2.05, 4.69) is 58.2 Å². The zero-order valence-corrected chi connectivity index (χ0v) is 19.0. The van der Waals surface area contributed by atoms with Crippen LogP contribution in [0.3, 0.4) is 0 Å². The van der Waals surface area contributed by atoms with E-state index in [9.17, 15) is 13.2 Å². The molecule has 1 N–H and O–H groups in total. The van der Waals surface area contributed by atoms with Gasteiger partial charge in [-0.3, -0.25) is 4.79 Å². The predicted molar refractivity (Wildman–Crippen MR) is 125 cm³/mol. The van der Waals surface area contributed by atoms with E-state index in [4.69, 9.17) is 0 Å². The lowest BCUT2D eigenvalue weighted by atomic mass is 10.0. The lowest BCUT2D eigenvalue weighted by Gasteiger charge is -2.12. The quantitative estimate of drug-likeness (QED) is 0.550. The highest BCUT2D eigenvalue weighted by atomic mass is 32.2. The average molecular weight is 456 g/mol. The number of aromatic nitrogens is 2. The van der Waals surface area contributed by atoms with E-state index in [1.807, 2.05) is 24.4 Å². The summed E-state index contributed by atoms with van der Waals surface area (Å²) in [7, 11) is -3.01. The first-order valence-corrected chi connectivity index (χ1v) is 13.1. The van der Waals surface area contributed by atoms with Crippen LogP contribution in [0.2, 0.25) is 0 Å². The smallest absolute Gasteiger partial charge is 0.230 e. The summed E-state index contributed by atoms with van der Waals surface area (Å²) in [5.74, 6) is 0.236. The third-order valence-electron chi connectivity index (χ3n) is 5.35. The number of hydrogen-bond acceptors (Lipinski definition) is 5. The summed E-state index contributed by atoms with van der Waals surface area (Å²) in [5.41, 5.74) is 4.41. The minimum Gasteiger partial charge on any atom is -0.352 e. The minimum absolute atomic E-state index is 0.0378. The summed E-state index contributed by atoms with van der Waals surface area (Å²) in [6.07, 6.45) is 2.33. The highest BCUT2D eigenvalue weighted by Gasteiger charge is 2.28. The second kappa shape index (κ2) is 9.28. The topological polar surface area (TPSA) is 81.1 Å². The van der Waals surface area contributed by atoms with Crippen molar-refractivity contribution in [2.24, 2.45) is 0 Å². The van der Waals surface area contributed by atoms with Gasteiger partial charge in [-0.25, -0.2) is 13.4 Å². The highest BCUT2D eigenvalue weighted by molar-refractivity contribution is 7.99. The molecule has 1 fully saturated rings. The van der Waals surface area contributed by atoms with Crippen molar-refractivity contribution < 1.29 is 13.2 Å². The summed E-state index contributed by atoms with van der Waals surface area (Å²) >= 11 is 1.37. The Hall–Kier alpha value is -2.58. The Bertz CT molecular complexity index is 1160. The van der Waals surface area contributed by atoms with Gasteiger partial charge in [0.2, 0.25) is 5.91 Å². The van der Waals surface area contributed by atoms with Crippen LogP contribution in [0, 0.1) is 0 Å². The molecule has 162 valence electrons. The van der Waals surface area contributed by atoms with Crippen molar-refractivity contribution in [3.63, 3.8) is 0 Å². The maximum atomic E-state index is 12.3. The Kier molecular flexibility index (Phi) is 6.48. The van der Waals surface area contributed by atoms with Gasteiger partial charge in [-0.2, -0.15) is 0 Å². The number of nitrogens with zero attached hydrogens (tertiary/aromatic N) is 2. The summed E-state index contributed by atoms with van der Waals surface area (Å²) in [6, 6.07) is 18.4. The standard InChI is InChI=1S/C23H25N3O3S2/c1-2-26-21(19-10-8-18(9-11-19)17-6-4-3-5-7-17)14-24-23(26)30-15-22(27)25-20-12-13-31(28,29)16-20/h3-11,14,20H,2,12-13,15-16H2,1H3,(H,25,27)/t20-/m0/s1. The zero-order chi connectivity index (χ0) is 21.8. The molecule has 0 aliphatic carbocycles. The fraction of sp³-hybridized carbons (Fsp3) is 0.304. The van der Waals surface area contributed by atoms with Crippen LogP contribution in [0.25, 0.3) is 22.4 Å². The fourth-order valence-electron chi connectivity index (χ4n) is 3.78. The number of carbonyl (C=O) groups excluding carboxylic acids is 1. The van der Waals surface area contributed by atoms with E-state index in [0.717, 1.165) is 28.5 Å². The van der Waals surface area contributed by atoms with Gasteiger partial charge in [-0.05, 0) is 30.0 Å². The van der Waals surface area contributed by atoms with Crippen LogP contribution in [-0.2, 0) is 21.2 Å². The van der Waals surface area contributed by atoms with E-state index in [-0.39, 0.29) is 29.2 Å².